The quantitative estimate of drug-likeness (QED) is 0.708. The minimum Gasteiger partial charge on any atom is -0.326 e. The third kappa shape index (κ3) is 3.18. The summed E-state index contributed by atoms with van der Waals surface area (Å²) in [4.78, 5) is 26.0. The van der Waals surface area contributed by atoms with Crippen molar-refractivity contribution in [1.29, 1.82) is 0 Å². The summed E-state index contributed by atoms with van der Waals surface area (Å²) in [5.41, 5.74) is 3.08. The molecular weight excluding hydrogens is 294 g/mol. The van der Waals surface area contributed by atoms with Crippen LogP contribution in [0.3, 0.4) is 0 Å². The maximum atomic E-state index is 11.4. The van der Waals surface area contributed by atoms with Crippen LogP contribution >= 0.6 is 0 Å². The number of benzene rings is 1. The van der Waals surface area contributed by atoms with Crippen LogP contribution in [-0.4, -0.2) is 26.9 Å². The molecule has 0 saturated heterocycles. The summed E-state index contributed by atoms with van der Waals surface area (Å²) in [5, 5.41) is 9.76. The second-order valence-corrected chi connectivity index (χ2v) is 4.89. The molecule has 0 saturated carbocycles. The minimum absolute atomic E-state index is 0.0223. The highest BCUT2D eigenvalue weighted by atomic mass is 16.1. The SMILES string of the molecule is CCC(=O)Nc1ccc(-c2ccc3nc(NC=O)cn3n2)cc1. The highest BCUT2D eigenvalue weighted by Crippen LogP contribution is 2.20. The van der Waals surface area contributed by atoms with E-state index in [0.29, 0.717) is 24.3 Å². The lowest BCUT2D eigenvalue weighted by molar-refractivity contribution is -0.115. The van der Waals surface area contributed by atoms with Gasteiger partial charge in [0.05, 0.1) is 11.9 Å². The van der Waals surface area contributed by atoms with Gasteiger partial charge in [0.1, 0.15) is 0 Å². The van der Waals surface area contributed by atoms with Crippen molar-refractivity contribution in [3.05, 3.63) is 42.6 Å². The number of anilines is 2. The Morgan fingerprint density at radius 3 is 2.70 bits per heavy atom. The van der Waals surface area contributed by atoms with Crippen LogP contribution in [0.2, 0.25) is 0 Å². The molecule has 0 spiro atoms. The fraction of sp³-hybridized carbons (Fsp3) is 0.125. The van der Waals surface area contributed by atoms with Crippen LogP contribution in [0.4, 0.5) is 11.5 Å². The zero-order valence-electron chi connectivity index (χ0n) is 12.5. The Labute approximate surface area is 132 Å². The molecule has 2 amide bonds. The van der Waals surface area contributed by atoms with Crippen molar-refractivity contribution >= 4 is 29.5 Å². The summed E-state index contributed by atoms with van der Waals surface area (Å²) in [7, 11) is 0. The summed E-state index contributed by atoms with van der Waals surface area (Å²) in [6.07, 6.45) is 2.66. The summed E-state index contributed by atoms with van der Waals surface area (Å²) in [6, 6.07) is 11.1. The van der Waals surface area contributed by atoms with Crippen molar-refractivity contribution in [2.45, 2.75) is 13.3 Å². The smallest absolute Gasteiger partial charge is 0.224 e. The van der Waals surface area contributed by atoms with E-state index in [2.05, 4.69) is 20.7 Å². The van der Waals surface area contributed by atoms with Gasteiger partial charge in [-0.1, -0.05) is 19.1 Å². The first-order chi connectivity index (χ1) is 11.2. The van der Waals surface area contributed by atoms with Gasteiger partial charge in [-0.25, -0.2) is 9.50 Å². The van der Waals surface area contributed by atoms with Gasteiger partial charge in [0.25, 0.3) is 0 Å². The van der Waals surface area contributed by atoms with Gasteiger partial charge in [-0.05, 0) is 24.3 Å². The van der Waals surface area contributed by atoms with Gasteiger partial charge < -0.3 is 10.6 Å². The van der Waals surface area contributed by atoms with E-state index in [4.69, 9.17) is 0 Å². The molecular formula is C16H15N5O2. The fourth-order valence-corrected chi connectivity index (χ4v) is 2.14. The van der Waals surface area contributed by atoms with Crippen molar-refractivity contribution in [3.63, 3.8) is 0 Å². The van der Waals surface area contributed by atoms with Gasteiger partial charge in [0, 0.05) is 17.7 Å². The molecule has 0 aliphatic heterocycles. The lowest BCUT2D eigenvalue weighted by Gasteiger charge is -2.05. The molecule has 116 valence electrons. The predicted molar refractivity (Wildman–Crippen MR) is 87.0 cm³/mol. The van der Waals surface area contributed by atoms with E-state index in [1.807, 2.05) is 43.3 Å². The number of nitrogens with zero attached hydrogens (tertiary/aromatic N) is 3. The van der Waals surface area contributed by atoms with Crippen molar-refractivity contribution in [3.8, 4) is 11.3 Å². The molecule has 2 aromatic heterocycles. The highest BCUT2D eigenvalue weighted by Gasteiger charge is 2.06. The molecule has 1 aromatic carbocycles. The molecule has 0 aliphatic rings. The number of imidazole rings is 1. The number of hydrogen-bond acceptors (Lipinski definition) is 4. The normalized spacial score (nSPS) is 10.5. The Bertz CT molecular complexity index is 855. The second-order valence-electron chi connectivity index (χ2n) is 4.89. The summed E-state index contributed by atoms with van der Waals surface area (Å²) in [6.45, 7) is 1.81. The zero-order chi connectivity index (χ0) is 16.2. The zero-order valence-corrected chi connectivity index (χ0v) is 12.5. The Balaban J connectivity index is 1.87. The number of fused-ring (bicyclic) bond motifs is 1. The van der Waals surface area contributed by atoms with Gasteiger partial charge in [0.15, 0.2) is 11.5 Å². The molecule has 0 unspecified atom stereocenters. The van der Waals surface area contributed by atoms with Crippen molar-refractivity contribution in [2.75, 3.05) is 10.6 Å². The first-order valence-corrected chi connectivity index (χ1v) is 7.16. The monoisotopic (exact) mass is 309 g/mol. The van der Waals surface area contributed by atoms with Crippen LogP contribution in [0, 0.1) is 0 Å². The molecule has 23 heavy (non-hydrogen) atoms. The van der Waals surface area contributed by atoms with E-state index in [1.54, 1.807) is 10.7 Å². The average Bonchev–Trinajstić information content (AvgIpc) is 2.97. The molecule has 0 atom stereocenters. The van der Waals surface area contributed by atoms with Crippen LogP contribution in [-0.2, 0) is 9.59 Å². The number of nitrogens with one attached hydrogen (secondary N) is 2. The topological polar surface area (TPSA) is 88.4 Å². The first-order valence-electron chi connectivity index (χ1n) is 7.16. The molecule has 0 bridgehead atoms. The molecule has 3 rings (SSSR count). The highest BCUT2D eigenvalue weighted by molar-refractivity contribution is 5.90. The van der Waals surface area contributed by atoms with Crippen molar-refractivity contribution in [1.82, 2.24) is 14.6 Å². The Morgan fingerprint density at radius 1 is 1.22 bits per heavy atom. The maximum Gasteiger partial charge on any atom is 0.224 e. The van der Waals surface area contributed by atoms with Crippen LogP contribution < -0.4 is 10.6 Å². The summed E-state index contributed by atoms with van der Waals surface area (Å²) < 4.78 is 1.61. The van der Waals surface area contributed by atoms with Crippen molar-refractivity contribution in [2.24, 2.45) is 0 Å². The van der Waals surface area contributed by atoms with E-state index >= 15 is 0 Å². The number of carbonyl (C=O) groups excluding carboxylic acids is 2. The number of carbonyl (C=O) groups is 2. The Hall–Kier alpha value is -3.22. The summed E-state index contributed by atoms with van der Waals surface area (Å²) in [5.74, 6) is 0.424. The molecule has 2 N–H and O–H groups in total. The number of rotatable bonds is 5. The van der Waals surface area contributed by atoms with Crippen LogP contribution in [0.1, 0.15) is 13.3 Å². The van der Waals surface area contributed by atoms with E-state index in [-0.39, 0.29) is 5.91 Å². The Morgan fingerprint density at radius 2 is 2.00 bits per heavy atom. The van der Waals surface area contributed by atoms with Crippen LogP contribution in [0.5, 0.6) is 0 Å². The molecule has 0 radical (unpaired) electrons. The van der Waals surface area contributed by atoms with Crippen LogP contribution in [0.25, 0.3) is 16.9 Å². The molecule has 0 aliphatic carbocycles. The largest absolute Gasteiger partial charge is 0.326 e. The van der Waals surface area contributed by atoms with E-state index in [0.717, 1.165) is 16.9 Å². The van der Waals surface area contributed by atoms with Gasteiger partial charge in [0.2, 0.25) is 12.3 Å². The predicted octanol–water partition coefficient (Wildman–Crippen LogP) is 2.31. The average molecular weight is 309 g/mol. The summed E-state index contributed by atoms with van der Waals surface area (Å²) >= 11 is 0. The lowest BCUT2D eigenvalue weighted by Crippen LogP contribution is -2.09. The standard InChI is InChI=1S/C16H15N5O2/c1-2-16(23)18-12-5-3-11(4-6-12)13-7-8-15-19-14(17-10-22)9-21(15)20-13/h3-10H,2H2,1H3,(H,17,22)(H,18,23). The number of hydrogen-bond donors (Lipinski definition) is 2. The number of aromatic nitrogens is 3. The molecule has 3 aromatic rings. The van der Waals surface area contributed by atoms with Gasteiger partial charge in [-0.3, -0.25) is 9.59 Å². The van der Waals surface area contributed by atoms with Crippen LogP contribution in [0.15, 0.2) is 42.6 Å². The van der Waals surface area contributed by atoms with E-state index < -0.39 is 0 Å². The van der Waals surface area contributed by atoms with Gasteiger partial charge >= 0.3 is 0 Å². The molecule has 2 heterocycles. The third-order valence-electron chi connectivity index (χ3n) is 3.31. The number of amides is 2. The minimum atomic E-state index is -0.0223. The molecule has 0 fully saturated rings. The Kier molecular flexibility index (Phi) is 4.01. The second kappa shape index (κ2) is 6.27. The maximum absolute atomic E-state index is 11.4. The van der Waals surface area contributed by atoms with Gasteiger partial charge in [-0.15, -0.1) is 0 Å². The molecule has 7 heteroatoms. The lowest BCUT2D eigenvalue weighted by atomic mass is 10.1. The van der Waals surface area contributed by atoms with E-state index in [9.17, 15) is 9.59 Å². The third-order valence-corrected chi connectivity index (χ3v) is 3.31. The van der Waals surface area contributed by atoms with E-state index in [1.165, 1.54) is 0 Å². The molecule has 7 nitrogen and oxygen atoms in total. The first kappa shape index (κ1) is 14.7. The van der Waals surface area contributed by atoms with Gasteiger partial charge in [-0.2, -0.15) is 5.10 Å². The van der Waals surface area contributed by atoms with Crippen molar-refractivity contribution < 1.29 is 9.59 Å². The fourth-order valence-electron chi connectivity index (χ4n) is 2.14.